The Bertz CT molecular complexity index is 1220. The molecule has 18 heteroatoms. The van der Waals surface area contributed by atoms with E-state index in [4.69, 9.17) is 15.0 Å². The number of likely N-dealkylation sites (tertiary alicyclic amines) is 1. The van der Waals surface area contributed by atoms with Gasteiger partial charge in [0.05, 0.1) is 13.7 Å². The Hall–Kier alpha value is -3.93. The number of oxime groups is 1. The van der Waals surface area contributed by atoms with Crippen molar-refractivity contribution in [2.45, 2.75) is 13.0 Å². The number of aryl methyl sites for hydroxylation is 1. The molecule has 1 atom stereocenters. The first-order valence-electron chi connectivity index (χ1n) is 8.85. The van der Waals surface area contributed by atoms with Crippen LogP contribution in [0.4, 0.5) is 15.7 Å². The molecule has 5 N–H and O–H groups in total. The first-order valence-corrected chi connectivity index (χ1v) is 11.2. The van der Waals surface area contributed by atoms with Crippen molar-refractivity contribution in [3.8, 4) is 5.75 Å². The maximum Gasteiger partial charge on any atom is 0.339 e. The summed E-state index contributed by atoms with van der Waals surface area (Å²) < 4.78 is 37.7. The molecule has 0 saturated carbocycles. The summed E-state index contributed by atoms with van der Waals surface area (Å²) in [4.78, 5) is 46.1. The van der Waals surface area contributed by atoms with Crippen LogP contribution in [0.2, 0.25) is 0 Å². The fourth-order valence-corrected chi connectivity index (χ4v) is 3.95. The van der Waals surface area contributed by atoms with Gasteiger partial charge in [-0.15, -0.1) is 11.3 Å². The number of imide groups is 1. The summed E-state index contributed by atoms with van der Waals surface area (Å²) in [7, 11) is -1.99. The Kier molecular flexibility index (Phi) is 6.68. The van der Waals surface area contributed by atoms with E-state index in [0.717, 1.165) is 11.3 Å². The SMILES string of the molecule is CO/N=C(\C(=O)N[C@H]1CN(C(=O)NS(=O)(=O)Nc2noc(C)c2OC)C1=O)c1csc(N)n1. The number of carbonyl (C=O) groups excluding carboxylic acids is 3. The molecule has 0 bridgehead atoms. The number of carbonyl (C=O) groups is 3. The van der Waals surface area contributed by atoms with Crippen LogP contribution < -0.4 is 25.2 Å². The van der Waals surface area contributed by atoms with E-state index in [0.29, 0.717) is 4.90 Å². The maximum absolute atomic E-state index is 12.5. The second-order valence-electron chi connectivity index (χ2n) is 6.30. The number of β-lactam (4-membered cyclic amide) rings is 1. The molecule has 16 nitrogen and oxygen atoms in total. The van der Waals surface area contributed by atoms with Gasteiger partial charge in [0.2, 0.25) is 11.6 Å². The van der Waals surface area contributed by atoms with Crippen molar-refractivity contribution in [1.29, 1.82) is 0 Å². The minimum Gasteiger partial charge on any atom is -0.490 e. The largest absolute Gasteiger partial charge is 0.490 e. The standard InChI is InChI=1S/C15H18N8O8S2/c1-6-10(29-2)11(20-31-6)21-33(27,28)22-15(26)23-4-7(13(23)25)17-12(24)9(19-30-3)8-5-32-14(16)18-8/h5,7H,4H2,1-3H3,(H2,16,18)(H,17,24)(H,20,21)(H,22,26)/b19-9-/t7-/m0/s1. The fourth-order valence-electron chi connectivity index (χ4n) is 2.63. The highest BCUT2D eigenvalue weighted by atomic mass is 32.2. The highest BCUT2D eigenvalue weighted by Crippen LogP contribution is 2.27. The van der Waals surface area contributed by atoms with Crippen LogP contribution in [0, 0.1) is 6.92 Å². The van der Waals surface area contributed by atoms with Crippen LogP contribution in [0.5, 0.6) is 5.75 Å². The van der Waals surface area contributed by atoms with E-state index in [9.17, 15) is 22.8 Å². The molecule has 0 unspecified atom stereocenters. The van der Waals surface area contributed by atoms with E-state index < -0.39 is 34.1 Å². The van der Waals surface area contributed by atoms with Gasteiger partial charge < -0.3 is 25.1 Å². The zero-order valence-corrected chi connectivity index (χ0v) is 18.9. The van der Waals surface area contributed by atoms with Crippen molar-refractivity contribution in [2.24, 2.45) is 5.16 Å². The number of hydrogen-bond acceptors (Lipinski definition) is 13. The van der Waals surface area contributed by atoms with Crippen molar-refractivity contribution < 1.29 is 36.9 Å². The van der Waals surface area contributed by atoms with Gasteiger partial charge in [0.1, 0.15) is 18.8 Å². The number of urea groups is 1. The summed E-state index contributed by atoms with van der Waals surface area (Å²) in [6, 6.07) is -2.34. The molecule has 0 radical (unpaired) electrons. The molecular weight excluding hydrogens is 484 g/mol. The van der Waals surface area contributed by atoms with E-state index >= 15 is 0 Å². The average molecular weight is 502 g/mol. The Balaban J connectivity index is 1.59. The van der Waals surface area contributed by atoms with E-state index in [-0.39, 0.29) is 40.4 Å². The zero-order chi connectivity index (χ0) is 24.3. The molecule has 33 heavy (non-hydrogen) atoms. The zero-order valence-electron chi connectivity index (χ0n) is 17.3. The van der Waals surface area contributed by atoms with Crippen LogP contribution in [0.25, 0.3) is 0 Å². The number of nitrogens with one attached hydrogen (secondary N) is 3. The van der Waals surface area contributed by atoms with Gasteiger partial charge in [-0.05, 0) is 0 Å². The van der Waals surface area contributed by atoms with Crippen molar-refractivity contribution >= 4 is 56.1 Å². The number of aromatic nitrogens is 2. The topological polar surface area (TPSA) is 220 Å². The number of amides is 4. The number of methoxy groups -OCH3 is 1. The predicted molar refractivity (Wildman–Crippen MR) is 113 cm³/mol. The van der Waals surface area contributed by atoms with Crippen LogP contribution in [-0.4, -0.2) is 73.8 Å². The third-order valence-electron chi connectivity index (χ3n) is 4.11. The molecule has 1 saturated heterocycles. The van der Waals surface area contributed by atoms with Crippen molar-refractivity contribution in [3.63, 3.8) is 0 Å². The highest BCUT2D eigenvalue weighted by molar-refractivity contribution is 7.91. The Morgan fingerprint density at radius 2 is 2.12 bits per heavy atom. The normalized spacial score (nSPS) is 16.1. The molecule has 178 valence electrons. The third-order valence-corrected chi connectivity index (χ3v) is 5.69. The summed E-state index contributed by atoms with van der Waals surface area (Å²) in [6.07, 6.45) is 0. The number of nitrogens with zero attached hydrogens (tertiary/aromatic N) is 4. The average Bonchev–Trinajstić information content (AvgIpc) is 3.32. The Morgan fingerprint density at radius 1 is 1.39 bits per heavy atom. The quantitative estimate of drug-likeness (QED) is 0.190. The number of anilines is 2. The fraction of sp³-hybridized carbons (Fsp3) is 0.333. The number of thiazole rings is 1. The lowest BCUT2D eigenvalue weighted by atomic mass is 10.1. The third kappa shape index (κ3) is 5.12. The van der Waals surface area contributed by atoms with Gasteiger partial charge >= 0.3 is 16.2 Å². The van der Waals surface area contributed by atoms with Gasteiger partial charge in [0.15, 0.2) is 16.6 Å². The molecular formula is C15H18N8O8S2. The lowest BCUT2D eigenvalue weighted by molar-refractivity contribution is -0.141. The van der Waals surface area contributed by atoms with Crippen LogP contribution in [0.1, 0.15) is 11.5 Å². The van der Waals surface area contributed by atoms with Gasteiger partial charge in [0.25, 0.3) is 11.8 Å². The number of nitrogens with two attached hydrogens (primary N) is 1. The van der Waals surface area contributed by atoms with Crippen LogP contribution in [0.3, 0.4) is 0 Å². The molecule has 0 aromatic carbocycles. The molecule has 3 heterocycles. The number of hydrogen-bond donors (Lipinski definition) is 4. The summed E-state index contributed by atoms with van der Waals surface area (Å²) in [5.41, 5.74) is 5.45. The van der Waals surface area contributed by atoms with Crippen molar-refractivity contribution in [1.82, 2.24) is 25.1 Å². The lowest BCUT2D eigenvalue weighted by Gasteiger charge is -2.36. The Labute approximate surface area is 190 Å². The van der Waals surface area contributed by atoms with E-state index in [1.807, 2.05) is 4.72 Å². The number of ether oxygens (including phenoxy) is 1. The van der Waals surface area contributed by atoms with Crippen molar-refractivity contribution in [3.05, 3.63) is 16.8 Å². The van der Waals surface area contributed by atoms with Crippen molar-refractivity contribution in [2.75, 3.05) is 31.2 Å². The lowest BCUT2D eigenvalue weighted by Crippen LogP contribution is -2.68. The Morgan fingerprint density at radius 3 is 2.70 bits per heavy atom. The van der Waals surface area contributed by atoms with E-state index in [1.54, 1.807) is 4.72 Å². The number of nitrogen functional groups attached to an aromatic ring is 1. The molecule has 3 rings (SSSR count). The van der Waals surface area contributed by atoms with Crippen LogP contribution >= 0.6 is 11.3 Å². The van der Waals surface area contributed by atoms with Gasteiger partial charge in [-0.2, -0.15) is 8.42 Å². The highest BCUT2D eigenvalue weighted by Gasteiger charge is 2.43. The molecule has 4 amide bonds. The molecule has 1 aliphatic heterocycles. The maximum atomic E-state index is 12.5. The van der Waals surface area contributed by atoms with Crippen LogP contribution in [0.15, 0.2) is 15.1 Å². The van der Waals surface area contributed by atoms with E-state index in [2.05, 4.69) is 25.5 Å². The minimum absolute atomic E-state index is 0.0195. The van der Waals surface area contributed by atoms with E-state index in [1.165, 1.54) is 26.5 Å². The summed E-state index contributed by atoms with van der Waals surface area (Å²) >= 11 is 1.07. The summed E-state index contributed by atoms with van der Waals surface area (Å²) in [5.74, 6) is -1.72. The number of rotatable bonds is 8. The van der Waals surface area contributed by atoms with Gasteiger partial charge in [-0.3, -0.25) is 14.5 Å². The second-order valence-corrected chi connectivity index (χ2v) is 8.61. The second kappa shape index (κ2) is 9.28. The summed E-state index contributed by atoms with van der Waals surface area (Å²) in [5, 5.41) is 11.1. The summed E-state index contributed by atoms with van der Waals surface area (Å²) in [6.45, 7) is 1.19. The van der Waals surface area contributed by atoms with Gasteiger partial charge in [-0.1, -0.05) is 10.3 Å². The van der Waals surface area contributed by atoms with Gasteiger partial charge in [-0.25, -0.2) is 19.2 Å². The predicted octanol–water partition coefficient (Wildman–Crippen LogP) is -1.23. The minimum atomic E-state index is -4.48. The first kappa shape index (κ1) is 23.7. The molecule has 2 aromatic heterocycles. The molecule has 1 aliphatic rings. The molecule has 0 spiro atoms. The van der Waals surface area contributed by atoms with Gasteiger partial charge in [0, 0.05) is 12.3 Å². The van der Waals surface area contributed by atoms with Crippen LogP contribution in [-0.2, 0) is 24.6 Å². The molecule has 2 aromatic rings. The monoisotopic (exact) mass is 502 g/mol. The smallest absolute Gasteiger partial charge is 0.339 e. The molecule has 1 fully saturated rings. The first-order chi connectivity index (χ1) is 15.6. The molecule has 0 aliphatic carbocycles.